The first kappa shape index (κ1) is 14.0. The average molecular weight is 262 g/mol. The molecule has 0 aliphatic carbocycles. The lowest BCUT2D eigenvalue weighted by atomic mass is 9.89. The standard InChI is InChI=1S/C15H22N2O2/c1-3-17(13-6-4-5-12(2)11-13)14(18)15(16)7-9-19-10-8-15/h4-6,11H,3,7-10,16H2,1-2H3. The Hall–Kier alpha value is -1.39. The van der Waals surface area contributed by atoms with Crippen molar-refractivity contribution in [3.05, 3.63) is 29.8 Å². The molecule has 1 saturated heterocycles. The maximum Gasteiger partial charge on any atom is 0.247 e. The van der Waals surface area contributed by atoms with Crippen LogP contribution < -0.4 is 10.6 Å². The normalized spacial score (nSPS) is 18.1. The summed E-state index contributed by atoms with van der Waals surface area (Å²) < 4.78 is 5.30. The van der Waals surface area contributed by atoms with Gasteiger partial charge in [0, 0.05) is 25.4 Å². The molecule has 1 aromatic carbocycles. The van der Waals surface area contributed by atoms with Gasteiger partial charge >= 0.3 is 0 Å². The number of anilines is 1. The van der Waals surface area contributed by atoms with Gasteiger partial charge in [-0.1, -0.05) is 12.1 Å². The number of rotatable bonds is 3. The first-order chi connectivity index (χ1) is 9.07. The second-order valence-corrected chi connectivity index (χ2v) is 5.16. The highest BCUT2D eigenvalue weighted by molar-refractivity contribution is 6.00. The fourth-order valence-corrected chi connectivity index (χ4v) is 2.46. The van der Waals surface area contributed by atoms with Gasteiger partial charge in [0.1, 0.15) is 5.54 Å². The van der Waals surface area contributed by atoms with Crippen molar-refractivity contribution in [2.45, 2.75) is 32.2 Å². The van der Waals surface area contributed by atoms with Crippen LogP contribution in [0.3, 0.4) is 0 Å². The van der Waals surface area contributed by atoms with Crippen LogP contribution in [0.2, 0.25) is 0 Å². The zero-order valence-electron chi connectivity index (χ0n) is 11.7. The number of carbonyl (C=O) groups excluding carboxylic acids is 1. The predicted molar refractivity (Wildman–Crippen MR) is 76.2 cm³/mol. The van der Waals surface area contributed by atoms with E-state index in [4.69, 9.17) is 10.5 Å². The van der Waals surface area contributed by atoms with E-state index in [0.29, 0.717) is 32.6 Å². The fraction of sp³-hybridized carbons (Fsp3) is 0.533. The predicted octanol–water partition coefficient (Wildman–Crippen LogP) is 1.86. The molecule has 0 unspecified atom stereocenters. The number of hydrogen-bond donors (Lipinski definition) is 1. The van der Waals surface area contributed by atoms with Crippen LogP contribution in [0.25, 0.3) is 0 Å². The van der Waals surface area contributed by atoms with E-state index >= 15 is 0 Å². The summed E-state index contributed by atoms with van der Waals surface area (Å²) in [6, 6.07) is 7.96. The van der Waals surface area contributed by atoms with Crippen LogP contribution >= 0.6 is 0 Å². The molecule has 1 heterocycles. The van der Waals surface area contributed by atoms with Crippen molar-refractivity contribution in [1.29, 1.82) is 0 Å². The molecule has 0 radical (unpaired) electrons. The van der Waals surface area contributed by atoms with E-state index in [0.717, 1.165) is 11.3 Å². The highest BCUT2D eigenvalue weighted by Gasteiger charge is 2.38. The first-order valence-corrected chi connectivity index (χ1v) is 6.82. The van der Waals surface area contributed by atoms with Crippen molar-refractivity contribution in [2.24, 2.45) is 5.73 Å². The van der Waals surface area contributed by atoms with Crippen molar-refractivity contribution in [1.82, 2.24) is 0 Å². The number of nitrogens with two attached hydrogens (primary N) is 1. The van der Waals surface area contributed by atoms with Crippen LogP contribution in [0.15, 0.2) is 24.3 Å². The summed E-state index contributed by atoms with van der Waals surface area (Å²) in [5.41, 5.74) is 7.56. The van der Waals surface area contributed by atoms with E-state index in [9.17, 15) is 4.79 Å². The minimum absolute atomic E-state index is 0.00361. The molecule has 1 aliphatic rings. The number of nitrogens with zero attached hydrogens (tertiary/aromatic N) is 1. The van der Waals surface area contributed by atoms with E-state index < -0.39 is 5.54 Å². The van der Waals surface area contributed by atoms with Gasteiger partial charge < -0.3 is 15.4 Å². The van der Waals surface area contributed by atoms with Gasteiger partial charge in [0.25, 0.3) is 0 Å². The topological polar surface area (TPSA) is 55.6 Å². The second-order valence-electron chi connectivity index (χ2n) is 5.16. The van der Waals surface area contributed by atoms with Gasteiger partial charge in [0.15, 0.2) is 0 Å². The lowest BCUT2D eigenvalue weighted by Gasteiger charge is -2.36. The van der Waals surface area contributed by atoms with Gasteiger partial charge in [-0.05, 0) is 44.4 Å². The van der Waals surface area contributed by atoms with E-state index in [-0.39, 0.29) is 5.91 Å². The molecule has 1 amide bonds. The average Bonchev–Trinajstić information content (AvgIpc) is 2.40. The van der Waals surface area contributed by atoms with Gasteiger partial charge in [-0.2, -0.15) is 0 Å². The van der Waals surface area contributed by atoms with E-state index in [1.165, 1.54) is 0 Å². The Balaban J connectivity index is 2.24. The molecule has 104 valence electrons. The summed E-state index contributed by atoms with van der Waals surface area (Å²) in [4.78, 5) is 14.5. The van der Waals surface area contributed by atoms with Crippen molar-refractivity contribution in [3.63, 3.8) is 0 Å². The Morgan fingerprint density at radius 1 is 1.42 bits per heavy atom. The Morgan fingerprint density at radius 3 is 2.68 bits per heavy atom. The number of likely N-dealkylation sites (N-methyl/N-ethyl adjacent to an activating group) is 1. The van der Waals surface area contributed by atoms with Crippen LogP contribution in [0.1, 0.15) is 25.3 Å². The summed E-state index contributed by atoms with van der Waals surface area (Å²) in [5.74, 6) is 0.00361. The number of carbonyl (C=O) groups is 1. The van der Waals surface area contributed by atoms with Crippen LogP contribution in [0, 0.1) is 6.92 Å². The zero-order chi connectivity index (χ0) is 13.9. The summed E-state index contributed by atoms with van der Waals surface area (Å²) in [7, 11) is 0. The van der Waals surface area contributed by atoms with Crippen LogP contribution in [0.4, 0.5) is 5.69 Å². The van der Waals surface area contributed by atoms with Crippen molar-refractivity contribution < 1.29 is 9.53 Å². The molecule has 0 spiro atoms. The summed E-state index contributed by atoms with van der Waals surface area (Å²) in [6.45, 7) is 5.75. The molecule has 1 fully saturated rings. The number of ether oxygens (including phenoxy) is 1. The molecule has 1 aromatic rings. The third-order valence-corrected chi connectivity index (χ3v) is 3.69. The van der Waals surface area contributed by atoms with Crippen molar-refractivity contribution in [2.75, 3.05) is 24.7 Å². The number of benzene rings is 1. The number of amides is 1. The molecule has 0 saturated carbocycles. The molecule has 1 aliphatic heterocycles. The molecular weight excluding hydrogens is 240 g/mol. The van der Waals surface area contributed by atoms with E-state index in [2.05, 4.69) is 0 Å². The highest BCUT2D eigenvalue weighted by atomic mass is 16.5. The molecular formula is C15H22N2O2. The van der Waals surface area contributed by atoms with Crippen LogP contribution in [-0.2, 0) is 9.53 Å². The summed E-state index contributed by atoms with van der Waals surface area (Å²) in [6.07, 6.45) is 1.18. The Labute approximate surface area is 114 Å². The van der Waals surface area contributed by atoms with Crippen molar-refractivity contribution in [3.8, 4) is 0 Å². The van der Waals surface area contributed by atoms with Crippen LogP contribution in [-0.4, -0.2) is 31.2 Å². The molecule has 0 atom stereocenters. The number of aryl methyl sites for hydroxylation is 1. The lowest BCUT2D eigenvalue weighted by Crippen LogP contribution is -2.58. The SMILES string of the molecule is CCN(C(=O)C1(N)CCOCC1)c1cccc(C)c1. The van der Waals surface area contributed by atoms with E-state index in [1.54, 1.807) is 4.90 Å². The zero-order valence-corrected chi connectivity index (χ0v) is 11.7. The Bertz CT molecular complexity index is 453. The molecule has 2 N–H and O–H groups in total. The van der Waals surface area contributed by atoms with Gasteiger partial charge in [0.05, 0.1) is 0 Å². The lowest BCUT2D eigenvalue weighted by molar-refractivity contribution is -0.127. The molecule has 19 heavy (non-hydrogen) atoms. The van der Waals surface area contributed by atoms with Gasteiger partial charge in [-0.25, -0.2) is 0 Å². The quantitative estimate of drug-likeness (QED) is 0.904. The third kappa shape index (κ3) is 2.96. The smallest absolute Gasteiger partial charge is 0.247 e. The monoisotopic (exact) mass is 262 g/mol. The molecule has 4 nitrogen and oxygen atoms in total. The summed E-state index contributed by atoms with van der Waals surface area (Å²) >= 11 is 0. The van der Waals surface area contributed by atoms with Crippen molar-refractivity contribution >= 4 is 11.6 Å². The second kappa shape index (κ2) is 5.72. The molecule has 0 bridgehead atoms. The molecule has 4 heteroatoms. The van der Waals surface area contributed by atoms with Gasteiger partial charge in [0.2, 0.25) is 5.91 Å². The van der Waals surface area contributed by atoms with Gasteiger partial charge in [-0.15, -0.1) is 0 Å². The van der Waals surface area contributed by atoms with E-state index in [1.807, 2.05) is 38.1 Å². The molecule has 2 rings (SSSR count). The summed E-state index contributed by atoms with van der Waals surface area (Å²) in [5, 5.41) is 0. The highest BCUT2D eigenvalue weighted by Crippen LogP contribution is 2.24. The third-order valence-electron chi connectivity index (χ3n) is 3.69. The first-order valence-electron chi connectivity index (χ1n) is 6.82. The van der Waals surface area contributed by atoms with Gasteiger partial charge in [-0.3, -0.25) is 4.79 Å². The fourth-order valence-electron chi connectivity index (χ4n) is 2.46. The maximum absolute atomic E-state index is 12.7. The minimum Gasteiger partial charge on any atom is -0.381 e. The van der Waals surface area contributed by atoms with Crippen LogP contribution in [0.5, 0.6) is 0 Å². The largest absolute Gasteiger partial charge is 0.381 e. The number of hydrogen-bond acceptors (Lipinski definition) is 3. The Kier molecular flexibility index (Phi) is 4.22. The maximum atomic E-state index is 12.7. The molecule has 0 aromatic heterocycles. The Morgan fingerprint density at radius 2 is 2.11 bits per heavy atom. The minimum atomic E-state index is -0.780.